The zero-order valence-corrected chi connectivity index (χ0v) is 8.85. The minimum absolute atomic E-state index is 0.000688. The largest absolute Gasteiger partial charge is 0.323 e. The Morgan fingerprint density at radius 3 is 2.69 bits per heavy atom. The summed E-state index contributed by atoms with van der Waals surface area (Å²) < 4.78 is 0. The zero-order valence-electron chi connectivity index (χ0n) is 8.03. The van der Waals surface area contributed by atoms with Crippen molar-refractivity contribution in [2.75, 3.05) is 0 Å². The predicted molar refractivity (Wildman–Crippen MR) is 53.4 cm³/mol. The number of nitrogens with zero attached hydrogens (tertiary/aromatic N) is 2. The van der Waals surface area contributed by atoms with Crippen LogP contribution >= 0.6 is 11.3 Å². The summed E-state index contributed by atoms with van der Waals surface area (Å²) in [7, 11) is 0. The van der Waals surface area contributed by atoms with E-state index in [2.05, 4.69) is 11.1 Å². The van der Waals surface area contributed by atoms with Crippen LogP contribution in [0, 0.1) is 11.3 Å². The van der Waals surface area contributed by atoms with E-state index in [9.17, 15) is 0 Å². The maximum Gasteiger partial charge on any atom is 0.113 e. The molecule has 0 saturated heterocycles. The van der Waals surface area contributed by atoms with Crippen LogP contribution in [0.5, 0.6) is 0 Å². The van der Waals surface area contributed by atoms with Crippen LogP contribution in [0.3, 0.4) is 0 Å². The lowest BCUT2D eigenvalue weighted by molar-refractivity contribution is 0.679. The van der Waals surface area contributed by atoms with Gasteiger partial charge in [-0.1, -0.05) is 0 Å². The molecular formula is C9H13N3S. The number of nitriles is 1. The van der Waals surface area contributed by atoms with Crippen LogP contribution in [0.4, 0.5) is 0 Å². The molecule has 13 heavy (non-hydrogen) atoms. The Morgan fingerprint density at radius 1 is 1.69 bits per heavy atom. The zero-order chi connectivity index (χ0) is 10.1. The van der Waals surface area contributed by atoms with Crippen LogP contribution in [0.25, 0.3) is 0 Å². The fourth-order valence-electron chi connectivity index (χ4n) is 0.834. The second kappa shape index (κ2) is 3.44. The van der Waals surface area contributed by atoms with E-state index in [0.717, 1.165) is 9.88 Å². The number of thiazole rings is 1. The van der Waals surface area contributed by atoms with E-state index < -0.39 is 5.41 Å². The fraction of sp³-hybridized carbons (Fsp3) is 0.556. The summed E-state index contributed by atoms with van der Waals surface area (Å²) >= 11 is 1.51. The molecule has 1 aromatic rings. The molecule has 1 aromatic heterocycles. The molecule has 0 saturated carbocycles. The van der Waals surface area contributed by atoms with Gasteiger partial charge in [-0.3, -0.25) is 0 Å². The first-order valence-corrected chi connectivity index (χ1v) is 4.92. The molecular weight excluding hydrogens is 182 g/mol. The van der Waals surface area contributed by atoms with Gasteiger partial charge in [0.15, 0.2) is 0 Å². The summed E-state index contributed by atoms with van der Waals surface area (Å²) in [5.74, 6) is 0. The normalized spacial score (nSPS) is 13.8. The SMILES string of the molecule is CC(N)c1cnc(C(C)(C)C#N)s1. The van der Waals surface area contributed by atoms with Gasteiger partial charge in [-0.15, -0.1) is 11.3 Å². The van der Waals surface area contributed by atoms with Gasteiger partial charge in [0.2, 0.25) is 0 Å². The Labute approximate surface area is 82.2 Å². The van der Waals surface area contributed by atoms with Gasteiger partial charge in [-0.2, -0.15) is 5.26 Å². The lowest BCUT2D eigenvalue weighted by atomic mass is 9.97. The number of hydrogen-bond acceptors (Lipinski definition) is 4. The second-order valence-corrected chi connectivity index (χ2v) is 4.66. The van der Waals surface area contributed by atoms with Crippen molar-refractivity contribution in [3.05, 3.63) is 16.1 Å². The van der Waals surface area contributed by atoms with Crippen molar-refractivity contribution >= 4 is 11.3 Å². The molecule has 0 aliphatic carbocycles. The monoisotopic (exact) mass is 195 g/mol. The molecule has 70 valence electrons. The summed E-state index contributed by atoms with van der Waals surface area (Å²) in [6.07, 6.45) is 1.75. The molecule has 1 heterocycles. The smallest absolute Gasteiger partial charge is 0.113 e. The molecule has 4 heteroatoms. The molecule has 0 bridgehead atoms. The van der Waals surface area contributed by atoms with Crippen molar-refractivity contribution < 1.29 is 0 Å². The van der Waals surface area contributed by atoms with Gasteiger partial charge in [0, 0.05) is 17.1 Å². The molecule has 0 fully saturated rings. The van der Waals surface area contributed by atoms with E-state index in [-0.39, 0.29) is 6.04 Å². The number of rotatable bonds is 2. The summed E-state index contributed by atoms with van der Waals surface area (Å²) in [6, 6.07) is 2.22. The molecule has 2 N–H and O–H groups in total. The Bertz CT molecular complexity index is 333. The standard InChI is InChI=1S/C9H13N3S/c1-6(11)7-4-12-8(13-7)9(2,3)5-10/h4,6H,11H2,1-3H3. The first-order valence-electron chi connectivity index (χ1n) is 4.10. The van der Waals surface area contributed by atoms with Crippen LogP contribution in [-0.4, -0.2) is 4.98 Å². The van der Waals surface area contributed by atoms with Gasteiger partial charge >= 0.3 is 0 Å². The van der Waals surface area contributed by atoms with E-state index in [1.54, 1.807) is 6.20 Å². The molecule has 0 aliphatic rings. The minimum atomic E-state index is -0.502. The predicted octanol–water partition coefficient (Wildman–Crippen LogP) is 1.96. The Morgan fingerprint density at radius 2 is 2.31 bits per heavy atom. The van der Waals surface area contributed by atoms with E-state index in [4.69, 9.17) is 11.0 Å². The third-order valence-corrected chi connectivity index (χ3v) is 3.31. The van der Waals surface area contributed by atoms with Crippen molar-refractivity contribution in [1.29, 1.82) is 5.26 Å². The molecule has 0 aliphatic heterocycles. The molecule has 0 spiro atoms. The molecule has 0 aromatic carbocycles. The Balaban J connectivity index is 3.00. The van der Waals surface area contributed by atoms with Crippen LogP contribution in [0.1, 0.15) is 36.7 Å². The summed E-state index contributed by atoms with van der Waals surface area (Å²) in [4.78, 5) is 5.22. The molecule has 1 atom stereocenters. The molecule has 0 radical (unpaired) electrons. The van der Waals surface area contributed by atoms with Crippen LogP contribution in [-0.2, 0) is 5.41 Å². The maximum absolute atomic E-state index is 8.88. The van der Waals surface area contributed by atoms with E-state index in [1.807, 2.05) is 20.8 Å². The fourth-order valence-corrected chi connectivity index (χ4v) is 1.75. The lowest BCUT2D eigenvalue weighted by Crippen LogP contribution is -2.12. The Kier molecular flexibility index (Phi) is 2.69. The highest BCUT2D eigenvalue weighted by Crippen LogP contribution is 2.28. The third kappa shape index (κ3) is 2.06. The molecule has 1 rings (SSSR count). The topological polar surface area (TPSA) is 62.7 Å². The van der Waals surface area contributed by atoms with Crippen molar-refractivity contribution in [2.45, 2.75) is 32.2 Å². The van der Waals surface area contributed by atoms with E-state index in [1.165, 1.54) is 11.3 Å². The highest BCUT2D eigenvalue weighted by molar-refractivity contribution is 7.11. The van der Waals surface area contributed by atoms with E-state index >= 15 is 0 Å². The molecule has 1 unspecified atom stereocenters. The highest BCUT2D eigenvalue weighted by Gasteiger charge is 2.24. The molecule has 0 amide bonds. The van der Waals surface area contributed by atoms with Crippen molar-refractivity contribution in [3.8, 4) is 6.07 Å². The van der Waals surface area contributed by atoms with Gasteiger partial charge < -0.3 is 5.73 Å². The second-order valence-electron chi connectivity index (χ2n) is 3.59. The van der Waals surface area contributed by atoms with Crippen molar-refractivity contribution in [2.24, 2.45) is 5.73 Å². The Hall–Kier alpha value is -0.920. The maximum atomic E-state index is 8.88. The van der Waals surface area contributed by atoms with Gasteiger partial charge in [-0.05, 0) is 20.8 Å². The minimum Gasteiger partial charge on any atom is -0.323 e. The first-order chi connectivity index (χ1) is 5.97. The van der Waals surface area contributed by atoms with Crippen LogP contribution in [0.15, 0.2) is 6.20 Å². The van der Waals surface area contributed by atoms with Gasteiger partial charge in [0.25, 0.3) is 0 Å². The highest BCUT2D eigenvalue weighted by atomic mass is 32.1. The number of aromatic nitrogens is 1. The van der Waals surface area contributed by atoms with Crippen LogP contribution in [0.2, 0.25) is 0 Å². The van der Waals surface area contributed by atoms with E-state index in [0.29, 0.717) is 0 Å². The molecule has 3 nitrogen and oxygen atoms in total. The van der Waals surface area contributed by atoms with Crippen molar-refractivity contribution in [3.63, 3.8) is 0 Å². The summed E-state index contributed by atoms with van der Waals surface area (Å²) in [5, 5.41) is 9.72. The quantitative estimate of drug-likeness (QED) is 0.784. The lowest BCUT2D eigenvalue weighted by Gasteiger charge is -2.09. The summed E-state index contributed by atoms with van der Waals surface area (Å²) in [5.41, 5.74) is 5.20. The average Bonchev–Trinajstić information content (AvgIpc) is 2.52. The number of nitrogens with two attached hydrogens (primary N) is 1. The third-order valence-electron chi connectivity index (χ3n) is 1.79. The summed E-state index contributed by atoms with van der Waals surface area (Å²) in [6.45, 7) is 5.63. The number of hydrogen-bond donors (Lipinski definition) is 1. The average molecular weight is 195 g/mol. The van der Waals surface area contributed by atoms with Gasteiger partial charge in [0.1, 0.15) is 10.4 Å². The van der Waals surface area contributed by atoms with Crippen molar-refractivity contribution in [1.82, 2.24) is 4.98 Å². The van der Waals surface area contributed by atoms with Gasteiger partial charge in [0.05, 0.1) is 6.07 Å². The first kappa shape index (κ1) is 10.2. The van der Waals surface area contributed by atoms with Gasteiger partial charge in [-0.25, -0.2) is 4.98 Å². The van der Waals surface area contributed by atoms with Crippen LogP contribution < -0.4 is 5.73 Å².